The zero-order valence-electron chi connectivity index (χ0n) is 13.3. The smallest absolute Gasteiger partial charge is 0.157 e. The number of pyridine rings is 2. The van der Waals surface area contributed by atoms with Crippen LogP contribution in [0.15, 0.2) is 42.9 Å². The van der Waals surface area contributed by atoms with Gasteiger partial charge in [0, 0.05) is 48.2 Å². The molecule has 0 bridgehead atoms. The van der Waals surface area contributed by atoms with Crippen molar-refractivity contribution in [3.8, 4) is 22.5 Å². The lowest BCUT2D eigenvalue weighted by Gasteiger charge is -2.05. The minimum Gasteiger partial charge on any atom is -0.268 e. The van der Waals surface area contributed by atoms with Crippen molar-refractivity contribution >= 4 is 11.0 Å². The first-order valence-electron chi connectivity index (χ1n) is 8.10. The highest BCUT2D eigenvalue weighted by atomic mass is 15.3. The molecule has 0 N–H and O–H groups in total. The monoisotopic (exact) mass is 316 g/mol. The van der Waals surface area contributed by atoms with Gasteiger partial charge in [-0.1, -0.05) is 6.07 Å². The van der Waals surface area contributed by atoms with E-state index in [2.05, 4.69) is 25.8 Å². The van der Waals surface area contributed by atoms with Crippen LogP contribution in [0.3, 0.4) is 0 Å². The molecule has 1 aliphatic rings. The van der Waals surface area contributed by atoms with Crippen molar-refractivity contribution in [2.45, 2.75) is 19.4 Å². The zero-order chi connectivity index (χ0) is 16.1. The van der Waals surface area contributed by atoms with Gasteiger partial charge < -0.3 is 0 Å². The molecule has 0 unspecified atom stereocenters. The third-order valence-corrected chi connectivity index (χ3v) is 4.61. The highest BCUT2D eigenvalue weighted by Gasteiger charge is 2.24. The number of nitrogens with zero attached hydrogens (tertiary/aromatic N) is 6. The Morgan fingerprint density at radius 3 is 2.96 bits per heavy atom. The van der Waals surface area contributed by atoms with Gasteiger partial charge in [0.1, 0.15) is 5.69 Å². The summed E-state index contributed by atoms with van der Waals surface area (Å²) < 4.78 is 3.91. The van der Waals surface area contributed by atoms with Crippen molar-refractivity contribution in [2.24, 2.45) is 7.05 Å². The number of rotatable bonds is 2. The Labute approximate surface area is 138 Å². The van der Waals surface area contributed by atoms with Crippen LogP contribution in [0.1, 0.15) is 12.1 Å². The van der Waals surface area contributed by atoms with E-state index >= 15 is 0 Å². The van der Waals surface area contributed by atoms with Crippen LogP contribution in [0.5, 0.6) is 0 Å². The van der Waals surface area contributed by atoms with Gasteiger partial charge in [-0.25, -0.2) is 4.98 Å². The molecule has 4 aromatic rings. The van der Waals surface area contributed by atoms with Crippen molar-refractivity contribution < 1.29 is 0 Å². The molecule has 0 spiro atoms. The van der Waals surface area contributed by atoms with E-state index in [-0.39, 0.29) is 0 Å². The lowest BCUT2D eigenvalue weighted by Crippen LogP contribution is -1.94. The number of hydrogen-bond acceptors (Lipinski definition) is 4. The summed E-state index contributed by atoms with van der Waals surface area (Å²) in [6, 6.07) is 8.09. The SMILES string of the molecule is Cn1ncc2cc(-c3c(-c4ccccn4)nn4c3CCC4)cnc21. The highest BCUT2D eigenvalue weighted by Crippen LogP contribution is 2.37. The van der Waals surface area contributed by atoms with E-state index in [1.54, 1.807) is 4.68 Å². The second-order valence-corrected chi connectivity index (χ2v) is 6.12. The number of aryl methyl sites for hydroxylation is 2. The summed E-state index contributed by atoms with van der Waals surface area (Å²) in [6.45, 7) is 0.970. The topological polar surface area (TPSA) is 61.4 Å². The van der Waals surface area contributed by atoms with Crippen LogP contribution >= 0.6 is 0 Å². The molecule has 6 nitrogen and oxygen atoms in total. The molecule has 0 atom stereocenters. The molecule has 4 aromatic heterocycles. The minimum atomic E-state index is 0.891. The molecule has 0 aliphatic carbocycles. The molecule has 118 valence electrons. The first kappa shape index (κ1) is 13.4. The number of aromatic nitrogens is 6. The first-order chi connectivity index (χ1) is 11.8. The Morgan fingerprint density at radius 2 is 2.08 bits per heavy atom. The summed E-state index contributed by atoms with van der Waals surface area (Å²) in [7, 11) is 1.91. The van der Waals surface area contributed by atoms with Gasteiger partial charge in [0.2, 0.25) is 0 Å². The molecule has 0 saturated carbocycles. The van der Waals surface area contributed by atoms with Crippen LogP contribution in [0, 0.1) is 0 Å². The van der Waals surface area contributed by atoms with Crippen molar-refractivity contribution in [1.82, 2.24) is 29.5 Å². The fourth-order valence-corrected chi connectivity index (χ4v) is 3.50. The van der Waals surface area contributed by atoms with E-state index in [1.165, 1.54) is 5.69 Å². The maximum absolute atomic E-state index is 4.83. The lowest BCUT2D eigenvalue weighted by molar-refractivity contribution is 0.658. The minimum absolute atomic E-state index is 0.891. The Morgan fingerprint density at radius 1 is 1.12 bits per heavy atom. The average Bonchev–Trinajstić information content (AvgIpc) is 3.30. The molecule has 0 amide bonds. The number of hydrogen-bond donors (Lipinski definition) is 0. The van der Waals surface area contributed by atoms with Crippen LogP contribution in [0.25, 0.3) is 33.5 Å². The summed E-state index contributed by atoms with van der Waals surface area (Å²) in [5.41, 5.74) is 6.25. The second kappa shape index (κ2) is 4.99. The third-order valence-electron chi connectivity index (χ3n) is 4.61. The molecular formula is C18H16N6. The van der Waals surface area contributed by atoms with E-state index in [0.29, 0.717) is 0 Å². The van der Waals surface area contributed by atoms with Gasteiger partial charge in [-0.2, -0.15) is 10.2 Å². The maximum Gasteiger partial charge on any atom is 0.157 e. The molecule has 6 heteroatoms. The fourth-order valence-electron chi connectivity index (χ4n) is 3.50. The van der Waals surface area contributed by atoms with E-state index < -0.39 is 0 Å². The van der Waals surface area contributed by atoms with E-state index in [1.807, 2.05) is 43.8 Å². The maximum atomic E-state index is 4.83. The molecule has 0 radical (unpaired) electrons. The van der Waals surface area contributed by atoms with Crippen molar-refractivity contribution in [2.75, 3.05) is 0 Å². The molecule has 1 aliphatic heterocycles. The molecule has 24 heavy (non-hydrogen) atoms. The van der Waals surface area contributed by atoms with Crippen LogP contribution in [0.4, 0.5) is 0 Å². The molecule has 0 fully saturated rings. The van der Waals surface area contributed by atoms with Crippen molar-refractivity contribution in [3.63, 3.8) is 0 Å². The van der Waals surface area contributed by atoms with Crippen LogP contribution in [-0.2, 0) is 20.0 Å². The van der Waals surface area contributed by atoms with Crippen molar-refractivity contribution in [1.29, 1.82) is 0 Å². The summed E-state index contributed by atoms with van der Waals surface area (Å²) in [5, 5.41) is 10.2. The first-order valence-corrected chi connectivity index (χ1v) is 8.10. The molecule has 5 heterocycles. The van der Waals surface area contributed by atoms with E-state index in [0.717, 1.165) is 52.9 Å². The molecule has 5 rings (SSSR count). The largest absolute Gasteiger partial charge is 0.268 e. The normalized spacial score (nSPS) is 13.5. The zero-order valence-corrected chi connectivity index (χ0v) is 13.3. The Balaban J connectivity index is 1.76. The van der Waals surface area contributed by atoms with Crippen LogP contribution in [0.2, 0.25) is 0 Å². The van der Waals surface area contributed by atoms with Gasteiger partial charge in [0.25, 0.3) is 0 Å². The predicted octanol–water partition coefficient (Wildman–Crippen LogP) is 2.84. The second-order valence-electron chi connectivity index (χ2n) is 6.12. The molecule has 0 saturated heterocycles. The number of fused-ring (bicyclic) bond motifs is 2. The Kier molecular flexibility index (Phi) is 2.79. The summed E-state index contributed by atoms with van der Waals surface area (Å²) >= 11 is 0. The van der Waals surface area contributed by atoms with E-state index in [9.17, 15) is 0 Å². The van der Waals surface area contributed by atoms with Gasteiger partial charge in [-0.05, 0) is 31.0 Å². The van der Waals surface area contributed by atoms with Gasteiger partial charge in [-0.3, -0.25) is 14.3 Å². The van der Waals surface area contributed by atoms with Gasteiger partial charge in [0.05, 0.1) is 11.9 Å². The standard InChI is InChI=1S/C18H16N6/c1-23-18-13(11-21-23)9-12(10-20-18)16-15-6-4-8-24(15)22-17(16)14-5-2-3-7-19-14/h2-3,5,7,9-11H,4,6,8H2,1H3. The average molecular weight is 316 g/mol. The Bertz CT molecular complexity index is 1040. The quantitative estimate of drug-likeness (QED) is 0.570. The van der Waals surface area contributed by atoms with Gasteiger partial charge >= 0.3 is 0 Å². The van der Waals surface area contributed by atoms with E-state index in [4.69, 9.17) is 5.10 Å². The van der Waals surface area contributed by atoms with Crippen LogP contribution < -0.4 is 0 Å². The van der Waals surface area contributed by atoms with Gasteiger partial charge in [0.15, 0.2) is 5.65 Å². The fraction of sp³-hybridized carbons (Fsp3) is 0.222. The Hall–Kier alpha value is -3.02. The van der Waals surface area contributed by atoms with Gasteiger partial charge in [-0.15, -0.1) is 0 Å². The highest BCUT2D eigenvalue weighted by molar-refractivity contribution is 5.87. The summed E-state index contributed by atoms with van der Waals surface area (Å²) in [5.74, 6) is 0. The lowest BCUT2D eigenvalue weighted by atomic mass is 10.0. The van der Waals surface area contributed by atoms with Crippen LogP contribution in [-0.4, -0.2) is 29.5 Å². The third kappa shape index (κ3) is 1.89. The molecule has 0 aromatic carbocycles. The molecular weight excluding hydrogens is 300 g/mol. The summed E-state index contributed by atoms with van der Waals surface area (Å²) in [4.78, 5) is 9.10. The predicted molar refractivity (Wildman–Crippen MR) is 91.3 cm³/mol. The summed E-state index contributed by atoms with van der Waals surface area (Å²) in [6.07, 6.45) is 7.77. The van der Waals surface area contributed by atoms with Crippen molar-refractivity contribution in [3.05, 3.63) is 48.5 Å².